The van der Waals surface area contributed by atoms with Crippen molar-refractivity contribution in [3.8, 4) is 0 Å². The predicted octanol–water partition coefficient (Wildman–Crippen LogP) is 2.19. The first kappa shape index (κ1) is 28.4. The third-order valence-corrected chi connectivity index (χ3v) is 6.63. The molecule has 4 unspecified atom stereocenters. The number of hydrogen-bond donors (Lipinski definition) is 2. The number of rotatable bonds is 3. The van der Waals surface area contributed by atoms with Crippen molar-refractivity contribution in [2.75, 3.05) is 41.3 Å². The molecule has 33 heavy (non-hydrogen) atoms. The Hall–Kier alpha value is -2.60. The Kier molecular flexibility index (Phi) is 10.4. The van der Waals surface area contributed by atoms with E-state index in [2.05, 4.69) is 75.5 Å². The molecule has 0 amide bonds. The van der Waals surface area contributed by atoms with Gasteiger partial charge in [-0.1, -0.05) is 6.07 Å². The van der Waals surface area contributed by atoms with E-state index in [1.54, 1.807) is 0 Å². The van der Waals surface area contributed by atoms with Crippen molar-refractivity contribution in [2.24, 2.45) is 0 Å². The molecule has 2 saturated heterocycles. The second-order valence-corrected chi connectivity index (χ2v) is 8.74. The van der Waals surface area contributed by atoms with E-state index in [0.717, 1.165) is 30.3 Å². The molecule has 2 aliphatic heterocycles. The minimum absolute atomic E-state index is 0.600. The van der Waals surface area contributed by atoms with Crippen LogP contribution in [0.3, 0.4) is 0 Å². The molecule has 4 atom stereocenters. The maximum Gasteiger partial charge on any atom is 0.343 e. The summed E-state index contributed by atoms with van der Waals surface area (Å²) in [5, 5.41) is 27.8. The molecule has 0 aromatic heterocycles. The van der Waals surface area contributed by atoms with Gasteiger partial charge in [0.15, 0.2) is 5.56 Å². The first-order valence-corrected chi connectivity index (χ1v) is 10.8. The predicted molar refractivity (Wildman–Crippen MR) is 126 cm³/mol. The number of nitro groups is 1. The molecule has 1 aromatic rings. The Morgan fingerprint density at radius 1 is 0.879 bits per heavy atom. The molecule has 11 nitrogen and oxygen atoms in total. The fourth-order valence-corrected chi connectivity index (χ4v) is 3.85. The van der Waals surface area contributed by atoms with Gasteiger partial charge in [-0.05, 0) is 62.0 Å². The Morgan fingerprint density at radius 3 is 1.52 bits per heavy atom. The number of benzene rings is 1. The van der Waals surface area contributed by atoms with Gasteiger partial charge < -0.3 is 10.2 Å². The summed E-state index contributed by atoms with van der Waals surface area (Å²) in [5.41, 5.74) is -2.14. The zero-order chi connectivity index (χ0) is 25.6. The SMILES string of the molecule is CC1CN(C)C(C)N1C.CC1CN(C)C(C)N1C.O=C(O)c1cccc([N+](=O)[O-])c1C(=O)O. The quantitative estimate of drug-likeness (QED) is 0.504. The average Bonchev–Trinajstić information content (AvgIpc) is 3.10. The van der Waals surface area contributed by atoms with Gasteiger partial charge in [0.05, 0.1) is 22.8 Å². The molecule has 0 bridgehead atoms. The van der Waals surface area contributed by atoms with E-state index >= 15 is 0 Å². The van der Waals surface area contributed by atoms with Crippen LogP contribution in [0.1, 0.15) is 48.4 Å². The van der Waals surface area contributed by atoms with E-state index in [-0.39, 0.29) is 0 Å². The number of aromatic carboxylic acids is 2. The summed E-state index contributed by atoms with van der Waals surface area (Å²) in [6.45, 7) is 11.4. The molecular formula is C22H37N5O6. The van der Waals surface area contributed by atoms with Gasteiger partial charge in [-0.15, -0.1) is 0 Å². The van der Waals surface area contributed by atoms with E-state index in [1.165, 1.54) is 13.1 Å². The van der Waals surface area contributed by atoms with Gasteiger partial charge in [0.25, 0.3) is 5.69 Å². The third-order valence-electron chi connectivity index (χ3n) is 6.63. The summed E-state index contributed by atoms with van der Waals surface area (Å²) in [6.07, 6.45) is 1.25. The highest BCUT2D eigenvalue weighted by molar-refractivity contribution is 6.04. The Balaban J connectivity index is 0.000000261. The maximum absolute atomic E-state index is 10.7. The highest BCUT2D eigenvalue weighted by Crippen LogP contribution is 2.22. The second-order valence-electron chi connectivity index (χ2n) is 8.74. The molecule has 0 radical (unpaired) electrons. The fraction of sp³-hybridized carbons (Fsp3) is 0.636. The van der Waals surface area contributed by atoms with Crippen molar-refractivity contribution in [1.29, 1.82) is 0 Å². The summed E-state index contributed by atoms with van der Waals surface area (Å²) in [6, 6.07) is 4.51. The van der Waals surface area contributed by atoms with Crippen LogP contribution in [-0.2, 0) is 0 Å². The number of carbonyl (C=O) groups is 2. The smallest absolute Gasteiger partial charge is 0.343 e. The normalized spacial score (nSPS) is 26.2. The number of nitrogens with zero attached hydrogens (tertiary/aromatic N) is 5. The molecule has 3 rings (SSSR count). The molecule has 2 N–H and O–H groups in total. The zero-order valence-corrected chi connectivity index (χ0v) is 20.7. The van der Waals surface area contributed by atoms with Crippen LogP contribution >= 0.6 is 0 Å². The average molecular weight is 468 g/mol. The van der Waals surface area contributed by atoms with Crippen molar-refractivity contribution in [1.82, 2.24) is 19.6 Å². The van der Waals surface area contributed by atoms with Crippen LogP contribution in [0.25, 0.3) is 0 Å². The standard InChI is InChI=1S/C8H5NO6.2C7H16N2/c10-7(11)4-2-1-3-5(9(14)15)6(4)8(12)13;2*1-6-5-8(3)7(2)9(6)4/h1-3H,(H,10,11)(H,12,13);2*6-7H,5H2,1-4H3. The first-order chi connectivity index (χ1) is 15.2. The summed E-state index contributed by atoms with van der Waals surface area (Å²) >= 11 is 0. The second kappa shape index (κ2) is 12.0. The van der Waals surface area contributed by atoms with E-state index in [9.17, 15) is 19.7 Å². The van der Waals surface area contributed by atoms with Crippen molar-refractivity contribution >= 4 is 17.6 Å². The topological polar surface area (TPSA) is 131 Å². The lowest BCUT2D eigenvalue weighted by atomic mass is 10.1. The number of carboxylic acids is 2. The first-order valence-electron chi connectivity index (χ1n) is 10.8. The van der Waals surface area contributed by atoms with Crippen LogP contribution in [0, 0.1) is 10.1 Å². The van der Waals surface area contributed by atoms with E-state index in [4.69, 9.17) is 10.2 Å². The van der Waals surface area contributed by atoms with Crippen LogP contribution < -0.4 is 0 Å². The highest BCUT2D eigenvalue weighted by Gasteiger charge is 2.29. The fourth-order valence-electron chi connectivity index (χ4n) is 3.85. The van der Waals surface area contributed by atoms with E-state index < -0.39 is 33.7 Å². The minimum atomic E-state index is -1.64. The maximum atomic E-state index is 10.7. The molecule has 1 aromatic carbocycles. The van der Waals surface area contributed by atoms with Crippen LogP contribution in [0.5, 0.6) is 0 Å². The van der Waals surface area contributed by atoms with Crippen molar-refractivity contribution < 1.29 is 24.7 Å². The number of nitro benzene ring substituents is 1. The van der Waals surface area contributed by atoms with Gasteiger partial charge >= 0.3 is 11.9 Å². The van der Waals surface area contributed by atoms with Gasteiger partial charge in [0, 0.05) is 31.2 Å². The molecule has 11 heteroatoms. The van der Waals surface area contributed by atoms with Crippen LogP contribution in [0.15, 0.2) is 18.2 Å². The lowest BCUT2D eigenvalue weighted by molar-refractivity contribution is -0.385. The third kappa shape index (κ3) is 7.19. The van der Waals surface area contributed by atoms with Crippen LogP contribution in [-0.4, -0.2) is 112 Å². The summed E-state index contributed by atoms with van der Waals surface area (Å²) in [7, 11) is 8.70. The number of likely N-dealkylation sites (N-methyl/N-ethyl adjacent to an activating group) is 4. The summed E-state index contributed by atoms with van der Waals surface area (Å²) < 4.78 is 0. The van der Waals surface area contributed by atoms with Gasteiger partial charge in [-0.25, -0.2) is 9.59 Å². The number of hydrogen-bond acceptors (Lipinski definition) is 8. The van der Waals surface area contributed by atoms with Crippen LogP contribution in [0.2, 0.25) is 0 Å². The van der Waals surface area contributed by atoms with Gasteiger partial charge in [0.1, 0.15) is 0 Å². The zero-order valence-electron chi connectivity index (χ0n) is 20.7. The van der Waals surface area contributed by atoms with Crippen LogP contribution in [0.4, 0.5) is 5.69 Å². The largest absolute Gasteiger partial charge is 0.478 e. The Bertz CT molecular complexity index is 768. The molecule has 2 fully saturated rings. The monoisotopic (exact) mass is 467 g/mol. The molecule has 0 saturated carbocycles. The lowest BCUT2D eigenvalue weighted by Gasteiger charge is -2.21. The van der Waals surface area contributed by atoms with E-state index in [0.29, 0.717) is 12.3 Å². The summed E-state index contributed by atoms with van der Waals surface area (Å²) in [5.74, 6) is -3.16. The lowest BCUT2D eigenvalue weighted by Crippen LogP contribution is -2.32. The number of carboxylic acid groups (broad SMARTS) is 2. The van der Waals surface area contributed by atoms with Crippen molar-refractivity contribution in [2.45, 2.75) is 52.1 Å². The minimum Gasteiger partial charge on any atom is -0.478 e. The van der Waals surface area contributed by atoms with Crippen molar-refractivity contribution in [3.63, 3.8) is 0 Å². The Labute approximate surface area is 195 Å². The molecule has 186 valence electrons. The van der Waals surface area contributed by atoms with Gasteiger partial charge in [0.2, 0.25) is 0 Å². The van der Waals surface area contributed by atoms with Gasteiger partial charge in [-0.3, -0.25) is 29.7 Å². The molecule has 0 spiro atoms. The molecule has 0 aliphatic carbocycles. The Morgan fingerprint density at radius 2 is 1.30 bits per heavy atom. The molecular weight excluding hydrogens is 430 g/mol. The summed E-state index contributed by atoms with van der Waals surface area (Å²) in [4.78, 5) is 40.3. The molecule has 2 heterocycles. The van der Waals surface area contributed by atoms with E-state index in [1.807, 2.05) is 0 Å². The van der Waals surface area contributed by atoms with Crippen molar-refractivity contribution in [3.05, 3.63) is 39.4 Å². The highest BCUT2D eigenvalue weighted by atomic mass is 16.6. The molecule has 2 aliphatic rings. The van der Waals surface area contributed by atoms with Gasteiger partial charge in [-0.2, -0.15) is 0 Å².